The number of nitrogens with zero attached hydrogens (tertiary/aromatic N) is 1. The Bertz CT molecular complexity index is 336. The van der Waals surface area contributed by atoms with Crippen molar-refractivity contribution in [3.05, 3.63) is 24.3 Å². The molecule has 2 heterocycles. The van der Waals surface area contributed by atoms with Crippen molar-refractivity contribution < 1.29 is 14.2 Å². The number of ether oxygens (including phenoxy) is 3. The highest BCUT2D eigenvalue weighted by Gasteiger charge is 2.02. The summed E-state index contributed by atoms with van der Waals surface area (Å²) in [5.74, 6) is 0.880. The van der Waals surface area contributed by atoms with Gasteiger partial charge in [0.25, 0.3) is 0 Å². The Morgan fingerprint density at radius 1 is 0.938 bits per heavy atom. The molecule has 0 aliphatic carbocycles. The van der Waals surface area contributed by atoms with Gasteiger partial charge < -0.3 is 14.2 Å². The van der Waals surface area contributed by atoms with Gasteiger partial charge in [-0.3, -0.25) is 4.99 Å². The number of aliphatic imine (C=N–C) groups is 1. The molecular weight excluding hydrogens is 206 g/mol. The van der Waals surface area contributed by atoms with E-state index in [1.165, 1.54) is 0 Å². The van der Waals surface area contributed by atoms with Gasteiger partial charge in [-0.25, -0.2) is 0 Å². The van der Waals surface area contributed by atoms with E-state index in [4.69, 9.17) is 14.2 Å². The maximum absolute atomic E-state index is 5.27. The van der Waals surface area contributed by atoms with Crippen LogP contribution in [-0.2, 0) is 9.47 Å². The van der Waals surface area contributed by atoms with Crippen LogP contribution in [0.15, 0.2) is 29.3 Å². The fourth-order valence-electron chi connectivity index (χ4n) is 1.39. The summed E-state index contributed by atoms with van der Waals surface area (Å²) in [7, 11) is 0. The van der Waals surface area contributed by atoms with Crippen molar-refractivity contribution in [2.24, 2.45) is 4.99 Å². The van der Waals surface area contributed by atoms with Crippen molar-refractivity contribution in [2.75, 3.05) is 33.0 Å². The molecule has 1 fully saturated rings. The molecule has 0 spiro atoms. The molecule has 0 unspecified atom stereocenters. The summed E-state index contributed by atoms with van der Waals surface area (Å²) in [4.78, 5) is 4.14. The highest BCUT2D eigenvalue weighted by Crippen LogP contribution is 2.27. The number of rotatable bonds is 0. The summed E-state index contributed by atoms with van der Waals surface area (Å²) in [6.07, 6.45) is 1.77. The zero-order chi connectivity index (χ0) is 11.1. The van der Waals surface area contributed by atoms with Crippen LogP contribution in [-0.4, -0.2) is 39.2 Å². The Morgan fingerprint density at radius 3 is 2.25 bits per heavy atom. The standard InChI is InChI=1S/C8H7NO.C4H8O2/c1-2-4-8-7(3-1)9-5-6-10-8;1-2-6-4-3-5-1/h1-5H,6H2;1-4H2. The third kappa shape index (κ3) is 3.32. The van der Waals surface area contributed by atoms with E-state index in [1.54, 1.807) is 6.21 Å². The highest BCUT2D eigenvalue weighted by atomic mass is 16.6. The number of para-hydroxylation sites is 2. The molecule has 4 nitrogen and oxygen atoms in total. The predicted octanol–water partition coefficient (Wildman–Crippen LogP) is 1.81. The minimum Gasteiger partial charge on any atom is -0.486 e. The van der Waals surface area contributed by atoms with Gasteiger partial charge in [-0.05, 0) is 12.1 Å². The third-order valence-electron chi connectivity index (χ3n) is 2.15. The largest absolute Gasteiger partial charge is 0.486 e. The molecule has 1 aromatic carbocycles. The van der Waals surface area contributed by atoms with E-state index >= 15 is 0 Å². The maximum Gasteiger partial charge on any atom is 0.145 e. The summed E-state index contributed by atoms with van der Waals surface area (Å²) in [6.45, 7) is 3.71. The highest BCUT2D eigenvalue weighted by molar-refractivity contribution is 5.70. The first-order valence-corrected chi connectivity index (χ1v) is 5.36. The second-order valence-corrected chi connectivity index (χ2v) is 3.32. The molecule has 0 radical (unpaired) electrons. The van der Waals surface area contributed by atoms with Crippen molar-refractivity contribution in [1.29, 1.82) is 0 Å². The quantitative estimate of drug-likeness (QED) is 0.670. The Kier molecular flexibility index (Phi) is 4.34. The van der Waals surface area contributed by atoms with E-state index in [0.717, 1.165) is 37.9 Å². The van der Waals surface area contributed by atoms with Crippen molar-refractivity contribution in [3.8, 4) is 5.75 Å². The van der Waals surface area contributed by atoms with E-state index in [9.17, 15) is 0 Å². The van der Waals surface area contributed by atoms with Gasteiger partial charge in [0.1, 0.15) is 18.0 Å². The lowest BCUT2D eigenvalue weighted by Gasteiger charge is -2.09. The molecule has 1 saturated heterocycles. The second kappa shape index (κ2) is 6.25. The van der Waals surface area contributed by atoms with Crippen molar-refractivity contribution in [2.45, 2.75) is 0 Å². The lowest BCUT2D eigenvalue weighted by Crippen LogP contribution is -2.16. The summed E-state index contributed by atoms with van der Waals surface area (Å²) in [5, 5.41) is 0. The molecule has 16 heavy (non-hydrogen) atoms. The van der Waals surface area contributed by atoms with Gasteiger partial charge >= 0.3 is 0 Å². The van der Waals surface area contributed by atoms with Gasteiger partial charge in [0.05, 0.1) is 26.4 Å². The minimum atomic E-state index is 0.594. The predicted molar refractivity (Wildman–Crippen MR) is 61.7 cm³/mol. The summed E-state index contributed by atoms with van der Waals surface area (Å²) < 4.78 is 15.2. The maximum atomic E-state index is 5.27. The van der Waals surface area contributed by atoms with Crippen LogP contribution in [0.2, 0.25) is 0 Å². The molecule has 0 N–H and O–H groups in total. The van der Waals surface area contributed by atoms with Gasteiger partial charge in [-0.1, -0.05) is 12.1 Å². The topological polar surface area (TPSA) is 40.0 Å². The average Bonchev–Trinajstić information content (AvgIpc) is 2.42. The number of hydrogen-bond acceptors (Lipinski definition) is 4. The normalized spacial score (nSPS) is 17.8. The molecule has 1 aromatic rings. The van der Waals surface area contributed by atoms with Crippen LogP contribution in [0.1, 0.15) is 0 Å². The molecule has 3 rings (SSSR count). The van der Waals surface area contributed by atoms with Crippen LogP contribution in [0.4, 0.5) is 5.69 Å². The summed E-state index contributed by atoms with van der Waals surface area (Å²) in [6, 6.07) is 7.75. The van der Waals surface area contributed by atoms with Crippen LogP contribution < -0.4 is 4.74 Å². The monoisotopic (exact) mass is 221 g/mol. The number of fused-ring (bicyclic) bond motifs is 1. The molecule has 2 aliphatic heterocycles. The molecule has 86 valence electrons. The molecule has 0 bridgehead atoms. The SMILES string of the molecule is C1=Nc2ccccc2OC1.C1COCCO1. The lowest BCUT2D eigenvalue weighted by molar-refractivity contribution is -0.0334. The molecule has 0 saturated carbocycles. The van der Waals surface area contributed by atoms with Crippen molar-refractivity contribution in [3.63, 3.8) is 0 Å². The fraction of sp³-hybridized carbons (Fsp3) is 0.417. The van der Waals surface area contributed by atoms with E-state index in [-0.39, 0.29) is 0 Å². The zero-order valence-corrected chi connectivity index (χ0v) is 9.09. The van der Waals surface area contributed by atoms with Crippen LogP contribution >= 0.6 is 0 Å². The van der Waals surface area contributed by atoms with Gasteiger partial charge in [-0.2, -0.15) is 0 Å². The summed E-state index contributed by atoms with van der Waals surface area (Å²) in [5.41, 5.74) is 0.925. The van der Waals surface area contributed by atoms with Crippen molar-refractivity contribution in [1.82, 2.24) is 0 Å². The van der Waals surface area contributed by atoms with Crippen LogP contribution in [0.5, 0.6) is 5.75 Å². The molecule has 2 aliphatic rings. The average molecular weight is 221 g/mol. The first kappa shape index (κ1) is 11.1. The molecule has 4 heteroatoms. The molecule has 0 aromatic heterocycles. The van der Waals surface area contributed by atoms with Gasteiger partial charge in [-0.15, -0.1) is 0 Å². The Labute approximate surface area is 94.9 Å². The minimum absolute atomic E-state index is 0.594. The van der Waals surface area contributed by atoms with Crippen LogP contribution in [0.3, 0.4) is 0 Å². The van der Waals surface area contributed by atoms with Gasteiger partial charge in [0.2, 0.25) is 0 Å². The Hall–Kier alpha value is -1.39. The van der Waals surface area contributed by atoms with Crippen LogP contribution in [0.25, 0.3) is 0 Å². The molecular formula is C12H15NO3. The lowest BCUT2D eigenvalue weighted by atomic mass is 10.3. The van der Waals surface area contributed by atoms with E-state index in [1.807, 2.05) is 24.3 Å². The first-order chi connectivity index (χ1) is 7.97. The van der Waals surface area contributed by atoms with E-state index in [0.29, 0.717) is 6.61 Å². The van der Waals surface area contributed by atoms with Crippen LogP contribution in [0, 0.1) is 0 Å². The number of hydrogen-bond donors (Lipinski definition) is 0. The number of benzene rings is 1. The zero-order valence-electron chi connectivity index (χ0n) is 9.09. The van der Waals surface area contributed by atoms with Crippen molar-refractivity contribution >= 4 is 11.9 Å². The van der Waals surface area contributed by atoms with Gasteiger partial charge in [0.15, 0.2) is 0 Å². The van der Waals surface area contributed by atoms with E-state index in [2.05, 4.69) is 4.99 Å². The smallest absolute Gasteiger partial charge is 0.145 e. The summed E-state index contributed by atoms with van der Waals surface area (Å²) >= 11 is 0. The molecule has 0 amide bonds. The molecule has 0 atom stereocenters. The third-order valence-corrected chi connectivity index (χ3v) is 2.15. The second-order valence-electron chi connectivity index (χ2n) is 3.32. The first-order valence-electron chi connectivity index (χ1n) is 5.36. The van der Waals surface area contributed by atoms with E-state index < -0.39 is 0 Å². The Morgan fingerprint density at radius 2 is 1.62 bits per heavy atom. The fourth-order valence-corrected chi connectivity index (χ4v) is 1.39. The van der Waals surface area contributed by atoms with Gasteiger partial charge in [0, 0.05) is 6.21 Å². The Balaban J connectivity index is 0.000000138.